The molecule has 0 bridgehead atoms. The van der Waals surface area contributed by atoms with Gasteiger partial charge in [-0.3, -0.25) is 0 Å². The Morgan fingerprint density at radius 1 is 1.10 bits per heavy atom. The van der Waals surface area contributed by atoms with Crippen LogP contribution < -0.4 is 5.46 Å². The maximum atomic E-state index is 6.02. The van der Waals surface area contributed by atoms with Crippen LogP contribution in [0.25, 0.3) is 10.8 Å². The summed E-state index contributed by atoms with van der Waals surface area (Å²) in [4.78, 5) is 0. The molecule has 3 rings (SSSR count). The fourth-order valence-corrected chi connectivity index (χ4v) is 2.75. The first-order valence-electron chi connectivity index (χ1n) is 7.34. The van der Waals surface area contributed by atoms with E-state index in [1.54, 1.807) is 0 Å². The Morgan fingerprint density at radius 2 is 1.95 bits per heavy atom. The number of benzene rings is 2. The molecule has 1 aliphatic rings. The third-order valence-electron chi connectivity index (χ3n) is 3.86. The molecule has 0 spiro atoms. The molecule has 3 heteroatoms. The van der Waals surface area contributed by atoms with E-state index in [-0.39, 0.29) is 6.29 Å². The molecule has 102 valence electrons. The normalized spacial score (nSPS) is 19.3. The molecule has 0 aromatic heterocycles. The highest BCUT2D eigenvalue weighted by atomic mass is 16.7. The number of ether oxygens (including phenoxy) is 2. The molecule has 0 saturated carbocycles. The van der Waals surface area contributed by atoms with Crippen LogP contribution in [0.15, 0.2) is 36.4 Å². The predicted octanol–water partition coefficient (Wildman–Crippen LogP) is 2.72. The molecule has 0 aliphatic carbocycles. The summed E-state index contributed by atoms with van der Waals surface area (Å²) in [6, 6.07) is 12.3. The fraction of sp³-hybridized carbons (Fsp3) is 0.412. The highest BCUT2D eigenvalue weighted by molar-refractivity contribution is 6.38. The number of fused-ring (bicyclic) bond motifs is 1. The molecule has 2 nitrogen and oxygen atoms in total. The van der Waals surface area contributed by atoms with Gasteiger partial charge in [0.1, 0.15) is 7.85 Å². The van der Waals surface area contributed by atoms with Gasteiger partial charge in [0.25, 0.3) is 0 Å². The molecule has 2 aromatic carbocycles. The summed E-state index contributed by atoms with van der Waals surface area (Å²) in [6.45, 7) is 1.52. The molecule has 1 heterocycles. The second-order valence-electron chi connectivity index (χ2n) is 5.28. The Labute approximate surface area is 121 Å². The summed E-state index contributed by atoms with van der Waals surface area (Å²) in [5, 5.41) is 2.35. The molecule has 2 radical (unpaired) electrons. The predicted molar refractivity (Wildman–Crippen MR) is 82.6 cm³/mol. The van der Waals surface area contributed by atoms with E-state index in [2.05, 4.69) is 24.3 Å². The molecule has 2 aromatic rings. The first-order valence-corrected chi connectivity index (χ1v) is 7.34. The van der Waals surface area contributed by atoms with Gasteiger partial charge in [-0.25, -0.2) is 0 Å². The van der Waals surface area contributed by atoms with Crippen LogP contribution in [0.5, 0.6) is 0 Å². The minimum absolute atomic E-state index is 0.0104. The second-order valence-corrected chi connectivity index (χ2v) is 5.28. The van der Waals surface area contributed by atoms with Crippen LogP contribution >= 0.6 is 0 Å². The van der Waals surface area contributed by atoms with E-state index in [4.69, 9.17) is 17.3 Å². The lowest BCUT2D eigenvalue weighted by atomic mass is 9.87. The molecule has 1 aliphatic heterocycles. The summed E-state index contributed by atoms with van der Waals surface area (Å²) in [5.74, 6) is 0. The van der Waals surface area contributed by atoms with Crippen molar-refractivity contribution in [2.45, 2.75) is 32.0 Å². The summed E-state index contributed by atoms with van der Waals surface area (Å²) in [7, 11) is 6.02. The van der Waals surface area contributed by atoms with E-state index < -0.39 is 0 Å². The van der Waals surface area contributed by atoms with E-state index in [0.717, 1.165) is 36.7 Å². The minimum atomic E-state index is -0.0104. The van der Waals surface area contributed by atoms with Crippen molar-refractivity contribution in [2.75, 3.05) is 13.2 Å². The maximum Gasteiger partial charge on any atom is 0.157 e. The summed E-state index contributed by atoms with van der Waals surface area (Å²) in [6.07, 6.45) is 4.25. The maximum absolute atomic E-state index is 6.02. The van der Waals surface area contributed by atoms with Crippen molar-refractivity contribution in [2.24, 2.45) is 0 Å². The Hall–Kier alpha value is -1.32. The molecular formula is C17H19BO2. The van der Waals surface area contributed by atoms with E-state index in [0.29, 0.717) is 6.61 Å². The third-order valence-corrected chi connectivity index (χ3v) is 3.86. The van der Waals surface area contributed by atoms with Crippen LogP contribution in [-0.4, -0.2) is 27.4 Å². The van der Waals surface area contributed by atoms with Gasteiger partial charge < -0.3 is 9.47 Å². The van der Waals surface area contributed by atoms with Crippen LogP contribution in [0.4, 0.5) is 0 Å². The largest absolute Gasteiger partial charge is 0.353 e. The van der Waals surface area contributed by atoms with E-state index >= 15 is 0 Å². The first-order chi connectivity index (χ1) is 9.84. The molecule has 1 fully saturated rings. The fourth-order valence-electron chi connectivity index (χ4n) is 2.75. The monoisotopic (exact) mass is 266 g/mol. The number of rotatable bonds is 4. The van der Waals surface area contributed by atoms with Crippen LogP contribution in [0, 0.1) is 0 Å². The SMILES string of the molecule is [B]c1ccc(CCOC2CCCCO2)c2ccccc12. The molecular weight excluding hydrogens is 247 g/mol. The highest BCUT2D eigenvalue weighted by Crippen LogP contribution is 2.18. The van der Waals surface area contributed by atoms with Gasteiger partial charge in [-0.15, -0.1) is 0 Å². The number of hydrogen-bond acceptors (Lipinski definition) is 2. The van der Waals surface area contributed by atoms with Crippen molar-refractivity contribution >= 4 is 24.1 Å². The summed E-state index contributed by atoms with van der Waals surface area (Å²) >= 11 is 0. The van der Waals surface area contributed by atoms with Crippen molar-refractivity contribution in [3.8, 4) is 0 Å². The summed E-state index contributed by atoms with van der Waals surface area (Å²) in [5.41, 5.74) is 2.12. The van der Waals surface area contributed by atoms with Gasteiger partial charge in [0.2, 0.25) is 0 Å². The van der Waals surface area contributed by atoms with E-state index in [1.165, 1.54) is 17.4 Å². The van der Waals surface area contributed by atoms with Gasteiger partial charge in [0.15, 0.2) is 6.29 Å². The quantitative estimate of drug-likeness (QED) is 0.792. The first kappa shape index (κ1) is 13.7. The molecule has 0 amide bonds. The molecule has 1 saturated heterocycles. The van der Waals surface area contributed by atoms with Gasteiger partial charge >= 0.3 is 0 Å². The topological polar surface area (TPSA) is 18.5 Å². The minimum Gasteiger partial charge on any atom is -0.353 e. The molecule has 1 atom stereocenters. The van der Waals surface area contributed by atoms with Gasteiger partial charge in [-0.05, 0) is 42.0 Å². The van der Waals surface area contributed by atoms with E-state index in [1.807, 2.05) is 12.1 Å². The second kappa shape index (κ2) is 6.42. The van der Waals surface area contributed by atoms with Crippen molar-refractivity contribution in [3.05, 3.63) is 42.0 Å². The third kappa shape index (κ3) is 3.05. The zero-order valence-corrected chi connectivity index (χ0v) is 11.7. The van der Waals surface area contributed by atoms with Crippen molar-refractivity contribution in [3.63, 3.8) is 0 Å². The van der Waals surface area contributed by atoms with Crippen molar-refractivity contribution < 1.29 is 9.47 Å². The lowest BCUT2D eigenvalue weighted by Crippen LogP contribution is -2.23. The zero-order valence-electron chi connectivity index (χ0n) is 11.7. The molecule has 20 heavy (non-hydrogen) atoms. The summed E-state index contributed by atoms with van der Waals surface area (Å²) < 4.78 is 11.4. The number of hydrogen-bond donors (Lipinski definition) is 0. The Kier molecular flexibility index (Phi) is 4.39. The Morgan fingerprint density at radius 3 is 2.75 bits per heavy atom. The zero-order chi connectivity index (χ0) is 13.8. The molecule has 0 N–H and O–H groups in total. The standard InChI is InChI=1S/C17H19BO2/c18-16-9-8-13(14-5-1-2-6-15(14)16)10-12-20-17-7-3-4-11-19-17/h1-2,5-6,8-9,17H,3-4,7,10-12H2. The van der Waals surface area contributed by atoms with Crippen LogP contribution in [-0.2, 0) is 15.9 Å². The van der Waals surface area contributed by atoms with E-state index in [9.17, 15) is 0 Å². The Balaban J connectivity index is 1.67. The lowest BCUT2D eigenvalue weighted by Gasteiger charge is -2.22. The van der Waals surface area contributed by atoms with Crippen LogP contribution in [0.3, 0.4) is 0 Å². The van der Waals surface area contributed by atoms with Crippen LogP contribution in [0.2, 0.25) is 0 Å². The highest BCUT2D eigenvalue weighted by Gasteiger charge is 2.13. The Bertz CT molecular complexity index is 576. The molecule has 1 unspecified atom stereocenters. The van der Waals surface area contributed by atoms with Gasteiger partial charge in [-0.2, -0.15) is 0 Å². The lowest BCUT2D eigenvalue weighted by molar-refractivity contribution is -0.161. The average Bonchev–Trinajstić information content (AvgIpc) is 2.51. The van der Waals surface area contributed by atoms with Crippen molar-refractivity contribution in [1.29, 1.82) is 0 Å². The van der Waals surface area contributed by atoms with Gasteiger partial charge in [0, 0.05) is 6.61 Å². The van der Waals surface area contributed by atoms with Gasteiger partial charge in [-0.1, -0.05) is 41.9 Å². The smallest absolute Gasteiger partial charge is 0.157 e. The van der Waals surface area contributed by atoms with Crippen LogP contribution in [0.1, 0.15) is 24.8 Å². The van der Waals surface area contributed by atoms with Crippen molar-refractivity contribution in [1.82, 2.24) is 0 Å². The van der Waals surface area contributed by atoms with Gasteiger partial charge in [0.05, 0.1) is 6.61 Å². The average molecular weight is 266 g/mol.